The lowest BCUT2D eigenvalue weighted by atomic mass is 10.1. The Hall–Kier alpha value is -1.93. The fraction of sp³-hybridized carbons (Fsp3) is 0.615. The standard InChI is InChI=1S/C13H19FN3O10P/c1-6(11(21)22)16-28(24,25)26-5-13(14)10(20)9(19)7(27-13)4-17-3-2-8(18)15-12(17)23/h2-3,6-7,9-10,19-20H,4-5H2,1H3,(H,21,22)(H,15,18,23)(H2,16,24,25)/t6-,7-,9-,10-,13+/m0/s1. The van der Waals surface area contributed by atoms with Crippen molar-refractivity contribution in [2.75, 3.05) is 6.61 Å². The van der Waals surface area contributed by atoms with Crippen molar-refractivity contribution in [3.8, 4) is 0 Å². The number of aliphatic hydroxyl groups is 2. The Morgan fingerprint density at radius 2 is 2.18 bits per heavy atom. The van der Waals surface area contributed by atoms with Crippen LogP contribution in [0.15, 0.2) is 21.9 Å². The zero-order valence-electron chi connectivity index (χ0n) is 14.4. The molecule has 15 heteroatoms. The van der Waals surface area contributed by atoms with Crippen molar-refractivity contribution in [2.24, 2.45) is 0 Å². The van der Waals surface area contributed by atoms with Crippen molar-refractivity contribution < 1.29 is 43.2 Å². The number of carbonyl (C=O) groups is 1. The molecule has 0 amide bonds. The second kappa shape index (κ2) is 8.21. The van der Waals surface area contributed by atoms with Crippen LogP contribution in [0.25, 0.3) is 0 Å². The van der Waals surface area contributed by atoms with Crippen LogP contribution in [0.1, 0.15) is 6.92 Å². The van der Waals surface area contributed by atoms with E-state index in [4.69, 9.17) is 9.84 Å². The molecule has 28 heavy (non-hydrogen) atoms. The van der Waals surface area contributed by atoms with E-state index in [1.807, 2.05) is 4.98 Å². The van der Waals surface area contributed by atoms with Crippen LogP contribution < -0.4 is 16.3 Å². The summed E-state index contributed by atoms with van der Waals surface area (Å²) in [4.78, 5) is 44.9. The molecule has 6 N–H and O–H groups in total. The van der Waals surface area contributed by atoms with E-state index < -0.39 is 68.3 Å². The number of nitrogens with zero attached hydrogens (tertiary/aromatic N) is 1. The summed E-state index contributed by atoms with van der Waals surface area (Å²) in [6.45, 7) is -0.734. The number of H-pyrrole nitrogens is 1. The molecule has 0 aromatic carbocycles. The zero-order chi connectivity index (χ0) is 21.3. The Morgan fingerprint density at radius 3 is 2.75 bits per heavy atom. The summed E-state index contributed by atoms with van der Waals surface area (Å²) in [5.74, 6) is -4.59. The minimum absolute atomic E-state index is 0.454. The summed E-state index contributed by atoms with van der Waals surface area (Å²) >= 11 is 0. The van der Waals surface area contributed by atoms with Crippen LogP contribution in [-0.4, -0.2) is 72.5 Å². The molecule has 1 fully saturated rings. The first-order valence-corrected chi connectivity index (χ1v) is 9.43. The summed E-state index contributed by atoms with van der Waals surface area (Å²) in [6, 6.07) is -0.492. The maximum atomic E-state index is 14.8. The van der Waals surface area contributed by atoms with E-state index >= 15 is 0 Å². The minimum Gasteiger partial charge on any atom is -0.480 e. The number of aromatic nitrogens is 2. The van der Waals surface area contributed by atoms with Crippen molar-refractivity contribution in [3.05, 3.63) is 33.1 Å². The molecule has 1 aliphatic rings. The van der Waals surface area contributed by atoms with Gasteiger partial charge in [0.1, 0.15) is 31.0 Å². The molecule has 1 aromatic rings. The Kier molecular flexibility index (Phi) is 6.55. The second-order valence-electron chi connectivity index (χ2n) is 6.12. The monoisotopic (exact) mass is 427 g/mol. The van der Waals surface area contributed by atoms with Crippen LogP contribution in [0, 0.1) is 0 Å². The molecule has 1 aliphatic heterocycles. The smallest absolute Gasteiger partial charge is 0.403 e. The van der Waals surface area contributed by atoms with Gasteiger partial charge in [-0.2, -0.15) is 0 Å². The number of nitrogens with one attached hydrogen (secondary N) is 2. The fourth-order valence-corrected chi connectivity index (χ4v) is 3.43. The van der Waals surface area contributed by atoms with Gasteiger partial charge in [0.15, 0.2) is 0 Å². The molecule has 158 valence electrons. The number of hydrogen-bond acceptors (Lipinski definition) is 8. The summed E-state index contributed by atoms with van der Waals surface area (Å²) in [5.41, 5.74) is -1.54. The highest BCUT2D eigenvalue weighted by molar-refractivity contribution is 7.50. The molecule has 1 aromatic heterocycles. The number of aromatic amines is 1. The van der Waals surface area contributed by atoms with E-state index in [2.05, 4.69) is 4.52 Å². The number of carboxylic acids is 1. The number of aliphatic hydroxyl groups excluding tert-OH is 2. The lowest BCUT2D eigenvalue weighted by Gasteiger charge is -2.25. The first-order valence-electron chi connectivity index (χ1n) is 7.85. The largest absolute Gasteiger partial charge is 0.480 e. The third kappa shape index (κ3) is 5.11. The average molecular weight is 427 g/mol. The maximum Gasteiger partial charge on any atom is 0.403 e. The third-order valence-corrected chi connectivity index (χ3v) is 5.12. The molecule has 0 spiro atoms. The van der Waals surface area contributed by atoms with Crippen LogP contribution in [0.4, 0.5) is 4.39 Å². The Balaban J connectivity index is 2.07. The van der Waals surface area contributed by atoms with Crippen molar-refractivity contribution >= 4 is 13.7 Å². The molecule has 1 saturated heterocycles. The van der Waals surface area contributed by atoms with Gasteiger partial charge >= 0.3 is 19.4 Å². The highest BCUT2D eigenvalue weighted by Crippen LogP contribution is 2.42. The van der Waals surface area contributed by atoms with Crippen molar-refractivity contribution in [1.82, 2.24) is 14.6 Å². The quantitative estimate of drug-likeness (QED) is 0.240. The number of hydrogen-bond donors (Lipinski definition) is 6. The molecule has 6 atom stereocenters. The Bertz CT molecular complexity index is 890. The van der Waals surface area contributed by atoms with E-state index in [9.17, 15) is 38.4 Å². The summed E-state index contributed by atoms with van der Waals surface area (Å²) in [5, 5.41) is 30.3. The fourth-order valence-electron chi connectivity index (χ4n) is 2.41. The number of carboxylic acid groups (broad SMARTS) is 1. The van der Waals surface area contributed by atoms with E-state index in [0.29, 0.717) is 0 Å². The number of rotatable bonds is 8. The van der Waals surface area contributed by atoms with Gasteiger partial charge in [0, 0.05) is 12.3 Å². The lowest BCUT2D eigenvalue weighted by Crippen LogP contribution is -2.43. The van der Waals surface area contributed by atoms with E-state index in [1.165, 1.54) is 0 Å². The molecule has 2 heterocycles. The first-order chi connectivity index (χ1) is 12.8. The van der Waals surface area contributed by atoms with Crippen molar-refractivity contribution in [3.63, 3.8) is 0 Å². The van der Waals surface area contributed by atoms with Crippen LogP contribution in [0.5, 0.6) is 0 Å². The van der Waals surface area contributed by atoms with Gasteiger partial charge in [0.2, 0.25) is 0 Å². The van der Waals surface area contributed by atoms with Gasteiger partial charge in [-0.05, 0) is 6.92 Å². The highest BCUT2D eigenvalue weighted by atomic mass is 31.2. The molecule has 13 nitrogen and oxygen atoms in total. The number of halogens is 1. The maximum absolute atomic E-state index is 14.8. The summed E-state index contributed by atoms with van der Waals surface area (Å²) in [6.07, 6.45) is -4.43. The topological polar surface area (TPSA) is 200 Å². The van der Waals surface area contributed by atoms with Gasteiger partial charge in [-0.1, -0.05) is 0 Å². The molecular weight excluding hydrogens is 408 g/mol. The number of alkyl halides is 1. The van der Waals surface area contributed by atoms with Gasteiger partial charge in [-0.3, -0.25) is 23.7 Å². The second-order valence-corrected chi connectivity index (χ2v) is 7.68. The first kappa shape index (κ1) is 22.4. The lowest BCUT2D eigenvalue weighted by molar-refractivity contribution is -0.193. The molecule has 0 saturated carbocycles. The Labute approximate surface area is 155 Å². The number of ether oxygens (including phenoxy) is 1. The highest BCUT2D eigenvalue weighted by Gasteiger charge is 2.56. The van der Waals surface area contributed by atoms with Crippen molar-refractivity contribution in [1.29, 1.82) is 0 Å². The van der Waals surface area contributed by atoms with Crippen LogP contribution in [0.2, 0.25) is 0 Å². The molecule has 2 rings (SSSR count). The molecule has 0 radical (unpaired) electrons. The predicted molar refractivity (Wildman–Crippen MR) is 88.1 cm³/mol. The van der Waals surface area contributed by atoms with Gasteiger partial charge in [-0.15, -0.1) is 0 Å². The average Bonchev–Trinajstić information content (AvgIpc) is 2.80. The van der Waals surface area contributed by atoms with Gasteiger partial charge in [0.25, 0.3) is 11.4 Å². The van der Waals surface area contributed by atoms with Gasteiger partial charge < -0.3 is 24.9 Å². The molecule has 1 unspecified atom stereocenters. The van der Waals surface area contributed by atoms with Crippen LogP contribution in [-0.2, 0) is 25.2 Å². The van der Waals surface area contributed by atoms with E-state index in [1.54, 1.807) is 5.09 Å². The van der Waals surface area contributed by atoms with E-state index in [-0.39, 0.29) is 0 Å². The van der Waals surface area contributed by atoms with Gasteiger partial charge in [-0.25, -0.2) is 18.8 Å². The molecule has 0 bridgehead atoms. The third-order valence-electron chi connectivity index (χ3n) is 3.93. The zero-order valence-corrected chi connectivity index (χ0v) is 15.3. The SMILES string of the molecule is C[C@H](NP(=O)(O)OC[C@@]1(F)O[C@@H](Cn2ccc(=O)[nH]c2=O)[C@H](O)[C@@H]1O)C(=O)O. The van der Waals surface area contributed by atoms with E-state index in [0.717, 1.165) is 23.8 Å². The van der Waals surface area contributed by atoms with Crippen LogP contribution >= 0.6 is 7.75 Å². The van der Waals surface area contributed by atoms with Crippen molar-refractivity contribution in [2.45, 2.75) is 43.7 Å². The number of aliphatic carboxylic acids is 1. The van der Waals surface area contributed by atoms with Gasteiger partial charge in [0.05, 0.1) is 6.54 Å². The minimum atomic E-state index is -4.78. The Morgan fingerprint density at radius 1 is 1.54 bits per heavy atom. The molecule has 0 aliphatic carbocycles. The molecular formula is C13H19FN3O10P. The van der Waals surface area contributed by atoms with Crippen LogP contribution in [0.3, 0.4) is 0 Å². The summed E-state index contributed by atoms with van der Waals surface area (Å²) < 4.78 is 36.8. The summed E-state index contributed by atoms with van der Waals surface area (Å²) in [7, 11) is -4.78. The normalized spacial score (nSPS) is 30.7. The predicted octanol–water partition coefficient (Wildman–Crippen LogP) is -2.50.